The third-order valence-corrected chi connectivity index (χ3v) is 2.30. The van der Waals surface area contributed by atoms with Crippen LogP contribution in [0.4, 0.5) is 0 Å². The summed E-state index contributed by atoms with van der Waals surface area (Å²) in [4.78, 5) is 2.12. The second-order valence-electron chi connectivity index (χ2n) is 2.77. The first-order chi connectivity index (χ1) is 5.01. The van der Waals surface area contributed by atoms with E-state index in [9.17, 15) is 8.42 Å². The van der Waals surface area contributed by atoms with Crippen molar-refractivity contribution in [3.05, 3.63) is 0 Å². The minimum absolute atomic E-state index is 0.107. The summed E-state index contributed by atoms with van der Waals surface area (Å²) < 4.78 is 25.9. The summed E-state index contributed by atoms with van der Waals surface area (Å²) in [6.45, 7) is 4.48. The van der Waals surface area contributed by atoms with Crippen LogP contribution in [0.1, 0.15) is 6.92 Å². The molecule has 0 N–H and O–H groups in total. The van der Waals surface area contributed by atoms with Crippen molar-refractivity contribution in [2.75, 3.05) is 25.9 Å². The lowest BCUT2D eigenvalue weighted by Crippen LogP contribution is -2.52. The largest absolute Gasteiger partial charge is 0.298 e. The van der Waals surface area contributed by atoms with Crippen molar-refractivity contribution < 1.29 is 12.6 Å². The van der Waals surface area contributed by atoms with Crippen molar-refractivity contribution >= 4 is 10.1 Å². The third kappa shape index (κ3) is 2.76. The molecule has 0 saturated carbocycles. The van der Waals surface area contributed by atoms with E-state index in [0.717, 1.165) is 25.9 Å². The van der Waals surface area contributed by atoms with Gasteiger partial charge in [0.2, 0.25) is 0 Å². The molecule has 0 atom stereocenters. The van der Waals surface area contributed by atoms with E-state index in [-0.39, 0.29) is 6.10 Å². The first kappa shape index (κ1) is 8.96. The zero-order chi connectivity index (χ0) is 8.48. The summed E-state index contributed by atoms with van der Waals surface area (Å²) in [7, 11) is -3.24. The summed E-state index contributed by atoms with van der Waals surface area (Å²) in [6, 6.07) is 0. The molecule has 0 radical (unpaired) electrons. The average Bonchev–Trinajstić information content (AvgIpc) is 1.75. The Morgan fingerprint density at radius 1 is 1.55 bits per heavy atom. The molecule has 1 fully saturated rings. The topological polar surface area (TPSA) is 46.6 Å². The van der Waals surface area contributed by atoms with E-state index in [1.165, 1.54) is 0 Å². The Kier molecular flexibility index (Phi) is 2.51. The lowest BCUT2D eigenvalue weighted by atomic mass is 10.2. The van der Waals surface area contributed by atoms with E-state index in [1.54, 1.807) is 0 Å². The second kappa shape index (κ2) is 3.08. The van der Waals surface area contributed by atoms with Gasteiger partial charge in [-0.3, -0.25) is 9.08 Å². The summed E-state index contributed by atoms with van der Waals surface area (Å²) in [5, 5.41) is 0. The van der Waals surface area contributed by atoms with Crippen LogP contribution in [-0.2, 0) is 14.3 Å². The monoisotopic (exact) mass is 179 g/mol. The van der Waals surface area contributed by atoms with Crippen molar-refractivity contribution in [1.82, 2.24) is 4.90 Å². The normalized spacial score (nSPS) is 21.6. The van der Waals surface area contributed by atoms with E-state index in [2.05, 4.69) is 4.90 Å². The van der Waals surface area contributed by atoms with Crippen molar-refractivity contribution in [3.8, 4) is 0 Å². The van der Waals surface area contributed by atoms with Gasteiger partial charge in [0.15, 0.2) is 0 Å². The van der Waals surface area contributed by atoms with Gasteiger partial charge >= 0.3 is 0 Å². The van der Waals surface area contributed by atoms with Gasteiger partial charge in [-0.1, -0.05) is 6.92 Å². The van der Waals surface area contributed by atoms with Gasteiger partial charge in [-0.25, -0.2) is 0 Å². The Morgan fingerprint density at radius 2 is 2.09 bits per heavy atom. The predicted octanol–water partition coefficient (Wildman–Crippen LogP) is -0.333. The molecular formula is C6H13NO3S. The molecule has 0 unspecified atom stereocenters. The summed E-state index contributed by atoms with van der Waals surface area (Å²) in [6.07, 6.45) is 0.978. The minimum Gasteiger partial charge on any atom is -0.298 e. The maximum Gasteiger partial charge on any atom is 0.264 e. The Bertz CT molecular complexity index is 218. The highest BCUT2D eigenvalue weighted by Crippen LogP contribution is 2.12. The molecule has 1 aliphatic rings. The van der Waals surface area contributed by atoms with Crippen molar-refractivity contribution in [2.24, 2.45) is 0 Å². The fraction of sp³-hybridized carbons (Fsp3) is 1.00. The molecule has 0 aliphatic carbocycles. The van der Waals surface area contributed by atoms with Crippen LogP contribution >= 0.6 is 0 Å². The number of nitrogens with zero attached hydrogens (tertiary/aromatic N) is 1. The van der Waals surface area contributed by atoms with Gasteiger partial charge in [-0.05, 0) is 6.54 Å². The first-order valence-electron chi connectivity index (χ1n) is 3.62. The van der Waals surface area contributed by atoms with E-state index in [1.807, 2.05) is 6.92 Å². The lowest BCUT2D eigenvalue weighted by Gasteiger charge is -2.36. The molecule has 1 rings (SSSR count). The van der Waals surface area contributed by atoms with Gasteiger partial charge < -0.3 is 0 Å². The summed E-state index contributed by atoms with van der Waals surface area (Å²) >= 11 is 0. The van der Waals surface area contributed by atoms with Crippen LogP contribution < -0.4 is 0 Å². The Balaban J connectivity index is 2.24. The smallest absolute Gasteiger partial charge is 0.264 e. The Morgan fingerprint density at radius 3 is 2.45 bits per heavy atom. The summed E-state index contributed by atoms with van der Waals surface area (Å²) in [5.41, 5.74) is 0. The standard InChI is InChI=1S/C6H13NO3S/c1-3-7-4-6(5-7)10-11(2,8)9/h6H,3-5H2,1-2H3. The predicted molar refractivity (Wildman–Crippen MR) is 41.8 cm³/mol. The number of rotatable bonds is 3. The van der Waals surface area contributed by atoms with Gasteiger partial charge in [0, 0.05) is 13.1 Å². The second-order valence-corrected chi connectivity index (χ2v) is 4.38. The zero-order valence-corrected chi connectivity index (χ0v) is 7.60. The SMILES string of the molecule is CCN1CC(OS(C)(=O)=O)C1. The van der Waals surface area contributed by atoms with Crippen molar-refractivity contribution in [2.45, 2.75) is 13.0 Å². The van der Waals surface area contributed by atoms with Crippen LogP contribution in [0.15, 0.2) is 0 Å². The number of likely N-dealkylation sites (tertiary alicyclic amines) is 1. The molecule has 1 saturated heterocycles. The maximum absolute atomic E-state index is 10.6. The lowest BCUT2D eigenvalue weighted by molar-refractivity contribution is 0.0290. The van der Waals surface area contributed by atoms with Crippen LogP contribution in [-0.4, -0.2) is 45.3 Å². The van der Waals surface area contributed by atoms with Gasteiger partial charge in [0.1, 0.15) is 6.10 Å². The molecular weight excluding hydrogens is 166 g/mol. The molecule has 0 amide bonds. The maximum atomic E-state index is 10.6. The molecule has 1 aliphatic heterocycles. The third-order valence-electron chi connectivity index (χ3n) is 1.68. The van der Waals surface area contributed by atoms with Crippen LogP contribution in [0.3, 0.4) is 0 Å². The molecule has 0 spiro atoms. The first-order valence-corrected chi connectivity index (χ1v) is 5.43. The van der Waals surface area contributed by atoms with Crippen molar-refractivity contribution in [3.63, 3.8) is 0 Å². The molecule has 0 bridgehead atoms. The highest BCUT2D eigenvalue weighted by Gasteiger charge is 2.28. The fourth-order valence-corrected chi connectivity index (χ4v) is 1.70. The summed E-state index contributed by atoms with van der Waals surface area (Å²) in [5.74, 6) is 0. The molecule has 5 heteroatoms. The molecule has 0 aromatic carbocycles. The number of likely N-dealkylation sites (N-methyl/N-ethyl adjacent to an activating group) is 1. The minimum atomic E-state index is -3.24. The zero-order valence-electron chi connectivity index (χ0n) is 6.78. The van der Waals surface area contributed by atoms with E-state index in [0.29, 0.717) is 0 Å². The van der Waals surface area contributed by atoms with Crippen molar-refractivity contribution in [1.29, 1.82) is 0 Å². The van der Waals surface area contributed by atoms with Crippen LogP contribution in [0.25, 0.3) is 0 Å². The molecule has 0 aromatic rings. The van der Waals surface area contributed by atoms with Gasteiger partial charge in [0.05, 0.1) is 6.26 Å². The van der Waals surface area contributed by atoms with E-state index < -0.39 is 10.1 Å². The van der Waals surface area contributed by atoms with Gasteiger partial charge in [0.25, 0.3) is 10.1 Å². The highest BCUT2D eigenvalue weighted by molar-refractivity contribution is 7.86. The molecule has 1 heterocycles. The molecule has 66 valence electrons. The molecule has 11 heavy (non-hydrogen) atoms. The Hall–Kier alpha value is -0.130. The number of hydrogen-bond acceptors (Lipinski definition) is 4. The Labute approximate surface area is 67.3 Å². The van der Waals surface area contributed by atoms with E-state index in [4.69, 9.17) is 4.18 Å². The number of hydrogen-bond donors (Lipinski definition) is 0. The van der Waals surface area contributed by atoms with Gasteiger partial charge in [-0.2, -0.15) is 8.42 Å². The quantitative estimate of drug-likeness (QED) is 0.556. The van der Waals surface area contributed by atoms with Crippen LogP contribution in [0, 0.1) is 0 Å². The van der Waals surface area contributed by atoms with E-state index >= 15 is 0 Å². The fourth-order valence-electron chi connectivity index (χ4n) is 1.09. The average molecular weight is 179 g/mol. The van der Waals surface area contributed by atoms with Crippen LogP contribution in [0.2, 0.25) is 0 Å². The highest BCUT2D eigenvalue weighted by atomic mass is 32.2. The molecule has 0 aromatic heterocycles. The molecule has 4 nitrogen and oxygen atoms in total. The van der Waals surface area contributed by atoms with Gasteiger partial charge in [-0.15, -0.1) is 0 Å². The van der Waals surface area contributed by atoms with Crippen LogP contribution in [0.5, 0.6) is 0 Å².